The van der Waals surface area contributed by atoms with Crippen LogP contribution in [0.5, 0.6) is 0 Å². The van der Waals surface area contributed by atoms with E-state index in [9.17, 15) is 8.42 Å². The summed E-state index contributed by atoms with van der Waals surface area (Å²) in [5.74, 6) is 0. The lowest BCUT2D eigenvalue weighted by Gasteiger charge is -2.03. The first-order valence-electron chi connectivity index (χ1n) is 6.02. The number of halogens is 2. The summed E-state index contributed by atoms with van der Waals surface area (Å²) in [6, 6.07) is 7.99. The highest BCUT2D eigenvalue weighted by Gasteiger charge is 2.19. The van der Waals surface area contributed by atoms with Crippen LogP contribution in [0, 0.1) is 0 Å². The quantitative estimate of drug-likeness (QED) is 0.675. The molecule has 0 unspecified atom stereocenters. The summed E-state index contributed by atoms with van der Waals surface area (Å²) in [6.07, 6.45) is 4.02. The molecule has 0 aliphatic rings. The van der Waals surface area contributed by atoms with Gasteiger partial charge in [-0.3, -0.25) is 0 Å². The standard InChI is InChI=1S/C13H8Cl2N4O2S/c14-11-7-16-13(15)18-12(11)9-6-17-19(8-9)22(20,21)10-4-2-1-3-5-10/h1-8H. The van der Waals surface area contributed by atoms with Crippen LogP contribution < -0.4 is 0 Å². The van der Waals surface area contributed by atoms with Crippen LogP contribution in [0.1, 0.15) is 0 Å². The minimum absolute atomic E-state index is 0.0121. The zero-order valence-electron chi connectivity index (χ0n) is 10.9. The van der Waals surface area contributed by atoms with Gasteiger partial charge in [0, 0.05) is 5.56 Å². The van der Waals surface area contributed by atoms with Crippen molar-refractivity contribution >= 4 is 33.2 Å². The molecule has 2 aromatic heterocycles. The molecule has 6 nitrogen and oxygen atoms in total. The molecule has 0 fully saturated rings. The summed E-state index contributed by atoms with van der Waals surface area (Å²) in [5, 5.41) is 4.14. The van der Waals surface area contributed by atoms with Gasteiger partial charge in [0.2, 0.25) is 5.28 Å². The number of rotatable bonds is 3. The lowest BCUT2D eigenvalue weighted by molar-refractivity contribution is 0.580. The fraction of sp³-hybridized carbons (Fsp3) is 0. The van der Waals surface area contributed by atoms with E-state index in [1.807, 2.05) is 0 Å². The van der Waals surface area contributed by atoms with Crippen molar-refractivity contribution in [1.29, 1.82) is 0 Å². The molecule has 2 heterocycles. The molecule has 0 amide bonds. The highest BCUT2D eigenvalue weighted by atomic mass is 35.5. The smallest absolute Gasteiger partial charge is 0.225 e. The Kier molecular flexibility index (Phi) is 3.86. The molecular weight excluding hydrogens is 347 g/mol. The summed E-state index contributed by atoms with van der Waals surface area (Å²) in [7, 11) is -3.76. The Labute approximate surface area is 136 Å². The van der Waals surface area contributed by atoms with Crippen LogP contribution in [-0.4, -0.2) is 27.6 Å². The maximum Gasteiger partial charge on any atom is 0.282 e. The Hall–Kier alpha value is -1.96. The Balaban J connectivity index is 2.06. The molecule has 0 aliphatic heterocycles. The van der Waals surface area contributed by atoms with Crippen LogP contribution in [0.15, 0.2) is 53.8 Å². The molecule has 0 N–H and O–H groups in total. The van der Waals surface area contributed by atoms with Gasteiger partial charge in [-0.15, -0.1) is 0 Å². The topological polar surface area (TPSA) is 77.7 Å². The van der Waals surface area contributed by atoms with E-state index in [0.717, 1.165) is 4.09 Å². The van der Waals surface area contributed by atoms with Gasteiger partial charge < -0.3 is 0 Å². The van der Waals surface area contributed by atoms with Crippen molar-refractivity contribution in [2.45, 2.75) is 4.90 Å². The van der Waals surface area contributed by atoms with Gasteiger partial charge in [-0.1, -0.05) is 29.8 Å². The third-order valence-corrected chi connectivity index (χ3v) is 4.85. The Morgan fingerprint density at radius 1 is 1.05 bits per heavy atom. The summed E-state index contributed by atoms with van der Waals surface area (Å²) in [6.45, 7) is 0. The van der Waals surface area contributed by atoms with Crippen LogP contribution in [0.4, 0.5) is 0 Å². The maximum atomic E-state index is 12.4. The van der Waals surface area contributed by atoms with Gasteiger partial charge in [0.25, 0.3) is 10.0 Å². The largest absolute Gasteiger partial charge is 0.282 e. The van der Waals surface area contributed by atoms with E-state index in [1.54, 1.807) is 18.2 Å². The van der Waals surface area contributed by atoms with Gasteiger partial charge in [0.15, 0.2) is 0 Å². The lowest BCUT2D eigenvalue weighted by Crippen LogP contribution is -2.13. The number of aromatic nitrogens is 4. The third-order valence-electron chi connectivity index (χ3n) is 2.84. The van der Waals surface area contributed by atoms with Gasteiger partial charge in [-0.25, -0.2) is 9.97 Å². The molecule has 0 aliphatic carbocycles. The van der Waals surface area contributed by atoms with Crippen molar-refractivity contribution in [3.63, 3.8) is 0 Å². The Bertz CT molecular complexity index is 926. The molecule has 0 saturated carbocycles. The second-order valence-electron chi connectivity index (χ2n) is 4.26. The Morgan fingerprint density at radius 2 is 1.77 bits per heavy atom. The van der Waals surface area contributed by atoms with Gasteiger partial charge in [-0.05, 0) is 23.7 Å². The van der Waals surface area contributed by atoms with Crippen LogP contribution in [0.25, 0.3) is 11.3 Å². The highest BCUT2D eigenvalue weighted by Crippen LogP contribution is 2.26. The molecule has 112 valence electrons. The van der Waals surface area contributed by atoms with Crippen molar-refractivity contribution in [3.05, 3.63) is 59.2 Å². The van der Waals surface area contributed by atoms with Crippen LogP contribution in [-0.2, 0) is 10.0 Å². The third kappa shape index (κ3) is 2.70. The van der Waals surface area contributed by atoms with E-state index in [-0.39, 0.29) is 15.2 Å². The molecule has 3 rings (SSSR count). The molecule has 0 radical (unpaired) electrons. The lowest BCUT2D eigenvalue weighted by atomic mass is 10.2. The van der Waals surface area contributed by atoms with E-state index >= 15 is 0 Å². The molecule has 0 saturated heterocycles. The zero-order chi connectivity index (χ0) is 15.7. The van der Waals surface area contributed by atoms with Crippen LogP contribution >= 0.6 is 23.2 Å². The van der Waals surface area contributed by atoms with Crippen molar-refractivity contribution in [2.24, 2.45) is 0 Å². The number of benzene rings is 1. The normalized spacial score (nSPS) is 11.5. The predicted octanol–water partition coefficient (Wildman–Crippen LogP) is 2.88. The predicted molar refractivity (Wildman–Crippen MR) is 82.3 cm³/mol. The fourth-order valence-corrected chi connectivity index (χ4v) is 3.28. The number of hydrogen-bond acceptors (Lipinski definition) is 5. The van der Waals surface area contributed by atoms with Crippen LogP contribution in [0.2, 0.25) is 10.3 Å². The first-order valence-corrected chi connectivity index (χ1v) is 8.22. The molecule has 9 heteroatoms. The SMILES string of the molecule is O=S(=O)(c1ccccc1)n1cc(-c2nc(Cl)ncc2Cl)cn1. The number of hydrogen-bond donors (Lipinski definition) is 0. The van der Waals surface area contributed by atoms with Crippen LogP contribution in [0.3, 0.4) is 0 Å². The summed E-state index contributed by atoms with van der Waals surface area (Å²) >= 11 is 11.7. The highest BCUT2D eigenvalue weighted by molar-refractivity contribution is 7.89. The maximum absolute atomic E-state index is 12.4. The molecule has 3 aromatic rings. The van der Waals surface area contributed by atoms with Gasteiger partial charge >= 0.3 is 0 Å². The molecule has 0 bridgehead atoms. The molecule has 0 spiro atoms. The minimum Gasteiger partial charge on any atom is -0.225 e. The minimum atomic E-state index is -3.76. The average molecular weight is 355 g/mol. The second kappa shape index (κ2) is 5.68. The molecule has 0 atom stereocenters. The zero-order valence-corrected chi connectivity index (χ0v) is 13.2. The van der Waals surface area contributed by atoms with E-state index in [4.69, 9.17) is 23.2 Å². The fourth-order valence-electron chi connectivity index (χ4n) is 1.81. The van der Waals surface area contributed by atoms with E-state index in [0.29, 0.717) is 11.3 Å². The first-order chi connectivity index (χ1) is 10.5. The molecule has 22 heavy (non-hydrogen) atoms. The average Bonchev–Trinajstić information content (AvgIpc) is 3.01. The first kappa shape index (κ1) is 15.0. The summed E-state index contributed by atoms with van der Waals surface area (Å²) in [4.78, 5) is 7.87. The van der Waals surface area contributed by atoms with Crippen molar-refractivity contribution in [1.82, 2.24) is 19.2 Å². The van der Waals surface area contributed by atoms with Gasteiger partial charge in [0.05, 0.1) is 34.2 Å². The van der Waals surface area contributed by atoms with E-state index < -0.39 is 10.0 Å². The molecule has 1 aromatic carbocycles. The molecular formula is C13H8Cl2N4O2S. The monoisotopic (exact) mass is 354 g/mol. The van der Waals surface area contributed by atoms with Gasteiger partial charge in [0.1, 0.15) is 0 Å². The second-order valence-corrected chi connectivity index (χ2v) is 6.80. The summed E-state index contributed by atoms with van der Waals surface area (Å²) in [5.41, 5.74) is 0.741. The van der Waals surface area contributed by atoms with E-state index in [2.05, 4.69) is 15.1 Å². The van der Waals surface area contributed by atoms with Gasteiger partial charge in [-0.2, -0.15) is 17.6 Å². The van der Waals surface area contributed by atoms with Crippen molar-refractivity contribution in [3.8, 4) is 11.3 Å². The summed E-state index contributed by atoms with van der Waals surface area (Å²) < 4.78 is 25.7. The van der Waals surface area contributed by atoms with E-state index in [1.165, 1.54) is 30.7 Å². The Morgan fingerprint density at radius 3 is 2.50 bits per heavy atom. The van der Waals surface area contributed by atoms with Crippen molar-refractivity contribution < 1.29 is 8.42 Å². The van der Waals surface area contributed by atoms with Crippen molar-refractivity contribution in [2.75, 3.05) is 0 Å². The number of nitrogens with zero attached hydrogens (tertiary/aromatic N) is 4.